The summed E-state index contributed by atoms with van der Waals surface area (Å²) in [6.45, 7) is 1.93. The zero-order valence-corrected chi connectivity index (χ0v) is 18.4. The van der Waals surface area contributed by atoms with Crippen molar-refractivity contribution in [3.05, 3.63) is 83.6 Å². The second kappa shape index (κ2) is 9.76. The first-order valence-electron chi connectivity index (χ1n) is 9.72. The molecule has 2 aromatic heterocycles. The highest BCUT2D eigenvalue weighted by Crippen LogP contribution is 2.28. The summed E-state index contributed by atoms with van der Waals surface area (Å²) in [5.41, 5.74) is 3.52. The van der Waals surface area contributed by atoms with E-state index in [1.54, 1.807) is 24.5 Å². The lowest BCUT2D eigenvalue weighted by Crippen LogP contribution is -2.13. The normalized spacial score (nSPS) is 10.8. The Kier molecular flexibility index (Phi) is 6.64. The quantitative estimate of drug-likeness (QED) is 0.382. The summed E-state index contributed by atoms with van der Waals surface area (Å²) in [6.07, 6.45) is 3.82. The van der Waals surface area contributed by atoms with E-state index in [1.165, 1.54) is 11.8 Å². The van der Waals surface area contributed by atoms with Crippen LogP contribution >= 0.6 is 23.4 Å². The van der Waals surface area contributed by atoms with Crippen LogP contribution in [0.3, 0.4) is 0 Å². The molecule has 0 saturated carbocycles. The predicted octanol–water partition coefficient (Wildman–Crippen LogP) is 5.41. The van der Waals surface area contributed by atoms with Gasteiger partial charge in [0.1, 0.15) is 0 Å². The standard InChI is InChI=1S/C23H20ClN5OS/c1-16-9-10-18(24)14-20(16)26-21(30)11-13-31-23-28-27-22(17-6-5-12-25-15-17)29(23)19-7-3-2-4-8-19/h2-10,12,14-15H,11,13H2,1H3,(H,26,30). The summed E-state index contributed by atoms with van der Waals surface area (Å²) in [5.74, 6) is 1.20. The number of benzene rings is 2. The van der Waals surface area contributed by atoms with Crippen molar-refractivity contribution in [3.8, 4) is 17.1 Å². The molecule has 0 radical (unpaired) electrons. The third-order valence-electron chi connectivity index (χ3n) is 4.60. The Bertz CT molecular complexity index is 1180. The molecule has 4 aromatic rings. The highest BCUT2D eigenvalue weighted by atomic mass is 35.5. The minimum absolute atomic E-state index is 0.0730. The fourth-order valence-corrected chi connectivity index (χ4v) is 4.09. The molecule has 0 aliphatic carbocycles. The maximum atomic E-state index is 12.4. The molecule has 31 heavy (non-hydrogen) atoms. The molecule has 0 atom stereocenters. The Balaban J connectivity index is 1.49. The molecule has 0 fully saturated rings. The van der Waals surface area contributed by atoms with Crippen LogP contribution < -0.4 is 5.32 Å². The van der Waals surface area contributed by atoms with Crippen molar-refractivity contribution < 1.29 is 4.79 Å². The highest BCUT2D eigenvalue weighted by Gasteiger charge is 2.16. The van der Waals surface area contributed by atoms with Crippen molar-refractivity contribution in [2.45, 2.75) is 18.5 Å². The van der Waals surface area contributed by atoms with E-state index < -0.39 is 0 Å². The van der Waals surface area contributed by atoms with E-state index in [4.69, 9.17) is 11.6 Å². The number of aromatic nitrogens is 4. The molecule has 0 bridgehead atoms. The number of halogens is 1. The minimum atomic E-state index is -0.0730. The van der Waals surface area contributed by atoms with Gasteiger partial charge in [-0.3, -0.25) is 14.3 Å². The SMILES string of the molecule is Cc1ccc(Cl)cc1NC(=O)CCSc1nnc(-c2cccnc2)n1-c1ccccc1. The molecule has 2 heterocycles. The van der Waals surface area contributed by atoms with Gasteiger partial charge in [-0.05, 0) is 48.9 Å². The summed E-state index contributed by atoms with van der Waals surface area (Å²) in [7, 11) is 0. The molecule has 0 saturated heterocycles. The second-order valence-electron chi connectivity index (χ2n) is 6.82. The van der Waals surface area contributed by atoms with Crippen LogP contribution in [0.15, 0.2) is 78.2 Å². The van der Waals surface area contributed by atoms with Crippen LogP contribution in [0.25, 0.3) is 17.1 Å². The first-order chi connectivity index (χ1) is 15.1. The number of carbonyl (C=O) groups excluding carboxylic acids is 1. The highest BCUT2D eigenvalue weighted by molar-refractivity contribution is 7.99. The van der Waals surface area contributed by atoms with E-state index in [0.29, 0.717) is 23.0 Å². The number of thioether (sulfide) groups is 1. The van der Waals surface area contributed by atoms with Crippen molar-refractivity contribution in [2.24, 2.45) is 0 Å². The van der Waals surface area contributed by atoms with E-state index in [9.17, 15) is 4.79 Å². The molecule has 1 amide bonds. The molecular formula is C23H20ClN5OS. The fraction of sp³-hybridized carbons (Fsp3) is 0.130. The van der Waals surface area contributed by atoms with Gasteiger partial charge in [-0.1, -0.05) is 47.6 Å². The molecule has 0 spiro atoms. The number of anilines is 1. The van der Waals surface area contributed by atoms with Crippen LogP contribution in [0.1, 0.15) is 12.0 Å². The molecule has 0 aliphatic rings. The maximum absolute atomic E-state index is 12.4. The Labute approximate surface area is 189 Å². The molecule has 0 unspecified atom stereocenters. The second-order valence-corrected chi connectivity index (χ2v) is 8.32. The number of aryl methyl sites for hydroxylation is 1. The van der Waals surface area contributed by atoms with Crippen molar-refractivity contribution in [1.29, 1.82) is 0 Å². The van der Waals surface area contributed by atoms with Crippen molar-refractivity contribution >= 4 is 35.0 Å². The molecular weight excluding hydrogens is 430 g/mol. The van der Waals surface area contributed by atoms with E-state index in [2.05, 4.69) is 20.5 Å². The van der Waals surface area contributed by atoms with Crippen molar-refractivity contribution in [2.75, 3.05) is 11.1 Å². The molecule has 8 heteroatoms. The Morgan fingerprint density at radius 2 is 1.94 bits per heavy atom. The van der Waals surface area contributed by atoms with Crippen LogP contribution in [0.2, 0.25) is 5.02 Å². The minimum Gasteiger partial charge on any atom is -0.326 e. The fourth-order valence-electron chi connectivity index (χ4n) is 3.03. The van der Waals surface area contributed by atoms with Crippen LogP contribution in [-0.4, -0.2) is 31.4 Å². The lowest BCUT2D eigenvalue weighted by atomic mass is 10.2. The van der Waals surface area contributed by atoms with Gasteiger partial charge in [0.05, 0.1) is 0 Å². The van der Waals surface area contributed by atoms with Gasteiger partial charge in [0.25, 0.3) is 0 Å². The zero-order valence-electron chi connectivity index (χ0n) is 16.8. The summed E-state index contributed by atoms with van der Waals surface area (Å²) >= 11 is 7.52. The topological polar surface area (TPSA) is 72.7 Å². The lowest BCUT2D eigenvalue weighted by Gasteiger charge is -2.11. The average molecular weight is 450 g/mol. The largest absolute Gasteiger partial charge is 0.326 e. The van der Waals surface area contributed by atoms with Gasteiger partial charge in [-0.15, -0.1) is 10.2 Å². The molecule has 4 rings (SSSR count). The van der Waals surface area contributed by atoms with Crippen LogP contribution in [0, 0.1) is 6.92 Å². The number of amides is 1. The number of nitrogens with zero attached hydrogens (tertiary/aromatic N) is 4. The van der Waals surface area contributed by atoms with Crippen LogP contribution in [0.4, 0.5) is 5.69 Å². The Morgan fingerprint density at radius 3 is 2.71 bits per heavy atom. The predicted molar refractivity (Wildman–Crippen MR) is 125 cm³/mol. The average Bonchev–Trinajstić information content (AvgIpc) is 3.21. The van der Waals surface area contributed by atoms with E-state index >= 15 is 0 Å². The molecule has 1 N–H and O–H groups in total. The Hall–Kier alpha value is -3.16. The summed E-state index contributed by atoms with van der Waals surface area (Å²) in [5, 5.41) is 13.0. The van der Waals surface area contributed by atoms with E-state index in [-0.39, 0.29) is 5.91 Å². The number of rotatable bonds is 7. The number of para-hydroxylation sites is 1. The summed E-state index contributed by atoms with van der Waals surface area (Å²) in [4.78, 5) is 16.6. The lowest BCUT2D eigenvalue weighted by molar-refractivity contribution is -0.115. The van der Waals surface area contributed by atoms with Crippen LogP contribution in [-0.2, 0) is 4.79 Å². The van der Waals surface area contributed by atoms with E-state index in [1.807, 2.05) is 60.0 Å². The monoisotopic (exact) mass is 449 g/mol. The number of hydrogen-bond donors (Lipinski definition) is 1. The molecule has 0 aliphatic heterocycles. The van der Waals surface area contributed by atoms with Gasteiger partial charge >= 0.3 is 0 Å². The van der Waals surface area contributed by atoms with Gasteiger partial charge in [0, 0.05) is 46.5 Å². The third kappa shape index (κ3) is 5.13. The van der Waals surface area contributed by atoms with E-state index in [0.717, 1.165) is 27.7 Å². The van der Waals surface area contributed by atoms with Crippen molar-refractivity contribution in [3.63, 3.8) is 0 Å². The maximum Gasteiger partial charge on any atom is 0.225 e. The number of nitrogens with one attached hydrogen (secondary N) is 1. The summed E-state index contributed by atoms with van der Waals surface area (Å²) in [6, 6.07) is 19.2. The first kappa shape index (κ1) is 21.1. The summed E-state index contributed by atoms with van der Waals surface area (Å²) < 4.78 is 1.99. The number of pyridine rings is 1. The van der Waals surface area contributed by atoms with Gasteiger partial charge in [0.15, 0.2) is 11.0 Å². The molecule has 2 aromatic carbocycles. The van der Waals surface area contributed by atoms with Gasteiger partial charge in [-0.25, -0.2) is 0 Å². The molecule has 6 nitrogen and oxygen atoms in total. The van der Waals surface area contributed by atoms with Gasteiger partial charge in [0.2, 0.25) is 5.91 Å². The smallest absolute Gasteiger partial charge is 0.225 e. The first-order valence-corrected chi connectivity index (χ1v) is 11.1. The third-order valence-corrected chi connectivity index (χ3v) is 5.77. The van der Waals surface area contributed by atoms with Gasteiger partial charge < -0.3 is 5.32 Å². The Morgan fingerprint density at radius 1 is 1.10 bits per heavy atom. The van der Waals surface area contributed by atoms with Crippen molar-refractivity contribution in [1.82, 2.24) is 19.7 Å². The number of carbonyl (C=O) groups is 1. The zero-order chi connectivity index (χ0) is 21.6. The van der Waals surface area contributed by atoms with Gasteiger partial charge in [-0.2, -0.15) is 0 Å². The van der Waals surface area contributed by atoms with Crippen LogP contribution in [0.5, 0.6) is 0 Å². The number of hydrogen-bond acceptors (Lipinski definition) is 5. The molecule has 156 valence electrons.